The molecule has 0 amide bonds. The molecule has 0 aliphatic heterocycles. The lowest BCUT2D eigenvalue weighted by Crippen LogP contribution is -1.86. The van der Waals surface area contributed by atoms with E-state index in [1.807, 2.05) is 0 Å². The SMILES string of the molecule is O=Cn1cnc(F)c1. The number of carbonyl (C=O) groups is 1. The predicted octanol–water partition coefficient (Wildman–Crippen LogP) is 0.0605. The second-order valence-corrected chi connectivity index (χ2v) is 1.25. The number of halogens is 1. The lowest BCUT2D eigenvalue weighted by atomic mass is 10.9. The van der Waals surface area contributed by atoms with E-state index in [0.717, 1.165) is 17.1 Å². The van der Waals surface area contributed by atoms with Crippen LogP contribution in [0.4, 0.5) is 4.39 Å². The second-order valence-electron chi connectivity index (χ2n) is 1.25. The van der Waals surface area contributed by atoms with Crippen molar-refractivity contribution in [3.05, 3.63) is 18.5 Å². The molecule has 8 heavy (non-hydrogen) atoms. The molecule has 3 nitrogen and oxygen atoms in total. The number of hydrogen-bond acceptors (Lipinski definition) is 2. The minimum atomic E-state index is -0.642. The minimum Gasteiger partial charge on any atom is -0.278 e. The highest BCUT2D eigenvalue weighted by molar-refractivity contribution is 5.50. The van der Waals surface area contributed by atoms with Crippen LogP contribution in [-0.2, 0) is 4.79 Å². The van der Waals surface area contributed by atoms with Crippen molar-refractivity contribution in [3.8, 4) is 0 Å². The smallest absolute Gasteiger partial charge is 0.231 e. The summed E-state index contributed by atoms with van der Waals surface area (Å²) in [6, 6.07) is 0. The van der Waals surface area contributed by atoms with Gasteiger partial charge in [0.15, 0.2) is 0 Å². The van der Waals surface area contributed by atoms with Crippen molar-refractivity contribution < 1.29 is 9.18 Å². The summed E-state index contributed by atoms with van der Waals surface area (Å²) in [4.78, 5) is 12.9. The van der Waals surface area contributed by atoms with E-state index in [4.69, 9.17) is 0 Å². The van der Waals surface area contributed by atoms with Crippen molar-refractivity contribution in [2.45, 2.75) is 0 Å². The largest absolute Gasteiger partial charge is 0.278 e. The number of hydrogen-bond donors (Lipinski definition) is 0. The van der Waals surface area contributed by atoms with Crippen LogP contribution in [0.3, 0.4) is 0 Å². The fourth-order valence-electron chi connectivity index (χ4n) is 0.369. The summed E-state index contributed by atoms with van der Waals surface area (Å²) in [5.74, 6) is -0.642. The molecule has 0 saturated heterocycles. The molecule has 0 unspecified atom stereocenters. The highest BCUT2D eigenvalue weighted by atomic mass is 19.1. The lowest BCUT2D eigenvalue weighted by Gasteiger charge is -1.75. The maximum absolute atomic E-state index is 11.8. The summed E-state index contributed by atoms with van der Waals surface area (Å²) >= 11 is 0. The first kappa shape index (κ1) is 4.96. The molecule has 0 aliphatic carbocycles. The third-order valence-electron chi connectivity index (χ3n) is 0.692. The van der Waals surface area contributed by atoms with E-state index in [-0.39, 0.29) is 0 Å². The summed E-state index contributed by atoms with van der Waals surface area (Å²) in [5, 5.41) is 0. The first-order valence-corrected chi connectivity index (χ1v) is 1.97. The van der Waals surface area contributed by atoms with Crippen molar-refractivity contribution >= 4 is 6.41 Å². The Labute approximate surface area is 44.8 Å². The summed E-state index contributed by atoms with van der Waals surface area (Å²) in [6.07, 6.45) is 2.56. The van der Waals surface area contributed by atoms with Crippen molar-refractivity contribution in [2.75, 3.05) is 0 Å². The zero-order valence-corrected chi connectivity index (χ0v) is 3.91. The van der Waals surface area contributed by atoms with Gasteiger partial charge in [-0.1, -0.05) is 0 Å². The first-order valence-electron chi connectivity index (χ1n) is 1.97. The average molecular weight is 114 g/mol. The molecule has 0 bridgehead atoms. The standard InChI is InChI=1S/C4H3FN2O/c5-4-1-7(3-8)2-6-4/h1-3H. The first-order chi connectivity index (χ1) is 3.83. The molecule has 0 N–H and O–H groups in total. The zero-order valence-electron chi connectivity index (χ0n) is 3.91. The third kappa shape index (κ3) is 0.726. The van der Waals surface area contributed by atoms with Crippen LogP contribution in [0.15, 0.2) is 12.5 Å². The maximum Gasteiger partial charge on any atom is 0.231 e. The van der Waals surface area contributed by atoms with E-state index < -0.39 is 5.95 Å². The predicted molar refractivity (Wildman–Crippen MR) is 24.3 cm³/mol. The van der Waals surface area contributed by atoms with Crippen molar-refractivity contribution in [1.82, 2.24) is 9.55 Å². The van der Waals surface area contributed by atoms with E-state index in [2.05, 4.69) is 4.98 Å². The molecule has 0 aliphatic rings. The Kier molecular flexibility index (Phi) is 1.07. The summed E-state index contributed by atoms with van der Waals surface area (Å²) in [7, 11) is 0. The Morgan fingerprint density at radius 3 is 2.88 bits per heavy atom. The summed E-state index contributed by atoms with van der Waals surface area (Å²) < 4.78 is 12.8. The monoisotopic (exact) mass is 114 g/mol. The van der Waals surface area contributed by atoms with Crippen LogP contribution in [0.25, 0.3) is 0 Å². The van der Waals surface area contributed by atoms with Crippen molar-refractivity contribution in [3.63, 3.8) is 0 Å². The van der Waals surface area contributed by atoms with Crippen LogP contribution >= 0.6 is 0 Å². The van der Waals surface area contributed by atoms with E-state index in [1.54, 1.807) is 0 Å². The van der Waals surface area contributed by atoms with E-state index in [0.29, 0.717) is 6.41 Å². The van der Waals surface area contributed by atoms with E-state index in [9.17, 15) is 9.18 Å². The fourth-order valence-corrected chi connectivity index (χ4v) is 0.369. The van der Waals surface area contributed by atoms with Crippen LogP contribution in [-0.4, -0.2) is 16.0 Å². The molecule has 42 valence electrons. The number of carbonyl (C=O) groups excluding carboxylic acids is 1. The van der Waals surface area contributed by atoms with Gasteiger partial charge in [0.05, 0.1) is 6.20 Å². The van der Waals surface area contributed by atoms with Gasteiger partial charge in [0.1, 0.15) is 6.33 Å². The third-order valence-corrected chi connectivity index (χ3v) is 0.692. The van der Waals surface area contributed by atoms with Crippen molar-refractivity contribution in [2.24, 2.45) is 0 Å². The van der Waals surface area contributed by atoms with Crippen LogP contribution in [0, 0.1) is 5.95 Å². The van der Waals surface area contributed by atoms with Crippen LogP contribution < -0.4 is 0 Å². The molecular weight excluding hydrogens is 111 g/mol. The molecule has 0 spiro atoms. The van der Waals surface area contributed by atoms with Gasteiger partial charge in [-0.2, -0.15) is 4.39 Å². The molecular formula is C4H3FN2O. The average Bonchev–Trinajstić information content (AvgIpc) is 2.14. The molecule has 0 fully saturated rings. The fraction of sp³-hybridized carbons (Fsp3) is 0. The molecule has 0 saturated carbocycles. The molecule has 0 aromatic carbocycles. The molecule has 1 aromatic rings. The normalized spacial score (nSPS) is 9.12. The number of rotatable bonds is 1. The number of imidazole rings is 1. The van der Waals surface area contributed by atoms with Gasteiger partial charge in [-0.15, -0.1) is 0 Å². The highest BCUT2D eigenvalue weighted by Gasteiger charge is 1.90. The molecule has 1 heterocycles. The van der Waals surface area contributed by atoms with E-state index in [1.165, 1.54) is 0 Å². The van der Waals surface area contributed by atoms with Crippen LogP contribution in [0.2, 0.25) is 0 Å². The Balaban J connectivity index is 3.00. The molecule has 0 radical (unpaired) electrons. The highest BCUT2D eigenvalue weighted by Crippen LogP contribution is 1.87. The number of nitrogens with zero attached hydrogens (tertiary/aromatic N) is 2. The number of aromatic nitrogens is 2. The Bertz CT molecular complexity index is 196. The van der Waals surface area contributed by atoms with Gasteiger partial charge in [-0.3, -0.25) is 9.36 Å². The van der Waals surface area contributed by atoms with Gasteiger partial charge in [0.25, 0.3) is 0 Å². The van der Waals surface area contributed by atoms with Gasteiger partial charge >= 0.3 is 0 Å². The molecule has 4 heteroatoms. The molecule has 0 atom stereocenters. The second kappa shape index (κ2) is 1.73. The minimum absolute atomic E-state index is 0.468. The topological polar surface area (TPSA) is 34.9 Å². The van der Waals surface area contributed by atoms with Crippen LogP contribution in [0.5, 0.6) is 0 Å². The molecule has 1 aromatic heterocycles. The van der Waals surface area contributed by atoms with Crippen molar-refractivity contribution in [1.29, 1.82) is 0 Å². The summed E-state index contributed by atoms with van der Waals surface area (Å²) in [6.45, 7) is 0. The zero-order chi connectivity index (χ0) is 5.98. The van der Waals surface area contributed by atoms with Crippen LogP contribution in [0.1, 0.15) is 0 Å². The summed E-state index contributed by atoms with van der Waals surface area (Å²) in [5.41, 5.74) is 0. The van der Waals surface area contributed by atoms with Gasteiger partial charge in [0, 0.05) is 0 Å². The Hall–Kier alpha value is -1.19. The maximum atomic E-state index is 11.8. The Morgan fingerprint density at radius 2 is 2.62 bits per heavy atom. The quantitative estimate of drug-likeness (QED) is 0.484. The van der Waals surface area contributed by atoms with Gasteiger partial charge in [-0.25, -0.2) is 4.98 Å². The van der Waals surface area contributed by atoms with Gasteiger partial charge in [-0.05, 0) is 0 Å². The molecule has 1 rings (SSSR count). The lowest BCUT2D eigenvalue weighted by molar-refractivity contribution is 0.546. The van der Waals surface area contributed by atoms with Gasteiger partial charge < -0.3 is 0 Å². The Morgan fingerprint density at radius 1 is 1.88 bits per heavy atom. The van der Waals surface area contributed by atoms with E-state index >= 15 is 0 Å². The van der Waals surface area contributed by atoms with Gasteiger partial charge in [0.2, 0.25) is 12.4 Å².